The molecule has 0 bridgehead atoms. The summed E-state index contributed by atoms with van der Waals surface area (Å²) in [6.45, 7) is 4.28. The smallest absolute Gasteiger partial charge is 0.123 e. The molecule has 0 amide bonds. The van der Waals surface area contributed by atoms with E-state index in [1.54, 1.807) is 0 Å². The minimum absolute atomic E-state index is 0.139. The SMILES string of the molecule is CC(C=O)C1CC2(CCNCC2)c2ccccc21. The van der Waals surface area contributed by atoms with Gasteiger partial charge in [-0.05, 0) is 54.8 Å². The van der Waals surface area contributed by atoms with Crippen molar-refractivity contribution in [3.63, 3.8) is 0 Å². The summed E-state index contributed by atoms with van der Waals surface area (Å²) in [5.41, 5.74) is 3.29. The second-order valence-corrected chi connectivity index (χ2v) is 5.92. The van der Waals surface area contributed by atoms with Gasteiger partial charge in [-0.3, -0.25) is 0 Å². The molecule has 0 saturated carbocycles. The van der Waals surface area contributed by atoms with Crippen molar-refractivity contribution in [2.24, 2.45) is 5.92 Å². The predicted octanol–water partition coefficient (Wildman–Crippen LogP) is 2.63. The lowest BCUT2D eigenvalue weighted by Crippen LogP contribution is -2.38. The van der Waals surface area contributed by atoms with Crippen LogP contribution in [-0.4, -0.2) is 19.4 Å². The number of carbonyl (C=O) groups is 1. The standard InChI is InChI=1S/C16H21NO/c1-12(11-18)14-10-16(6-8-17-9-7-16)15-5-3-2-4-13(14)15/h2-5,11-12,14,17H,6-10H2,1H3. The number of nitrogens with one attached hydrogen (secondary N) is 1. The summed E-state index contributed by atoms with van der Waals surface area (Å²) in [6, 6.07) is 8.79. The van der Waals surface area contributed by atoms with Crippen LogP contribution in [0.1, 0.15) is 43.2 Å². The van der Waals surface area contributed by atoms with Crippen LogP contribution in [0.25, 0.3) is 0 Å². The van der Waals surface area contributed by atoms with E-state index in [-0.39, 0.29) is 5.92 Å². The summed E-state index contributed by atoms with van der Waals surface area (Å²) in [7, 11) is 0. The fourth-order valence-electron chi connectivity index (χ4n) is 3.89. The van der Waals surface area contributed by atoms with Gasteiger partial charge in [-0.1, -0.05) is 31.2 Å². The lowest BCUT2D eigenvalue weighted by atomic mass is 9.73. The van der Waals surface area contributed by atoms with Crippen LogP contribution in [0.4, 0.5) is 0 Å². The van der Waals surface area contributed by atoms with Crippen molar-refractivity contribution < 1.29 is 4.79 Å². The third-order valence-electron chi connectivity index (χ3n) is 4.95. The first kappa shape index (κ1) is 11.9. The summed E-state index contributed by atoms with van der Waals surface area (Å²) in [5.74, 6) is 0.567. The maximum Gasteiger partial charge on any atom is 0.123 e. The normalized spacial score (nSPS) is 26.8. The van der Waals surface area contributed by atoms with Crippen molar-refractivity contribution in [1.29, 1.82) is 0 Å². The molecule has 3 rings (SSSR count). The summed E-state index contributed by atoms with van der Waals surface area (Å²) >= 11 is 0. The molecule has 0 radical (unpaired) electrons. The molecule has 2 aliphatic rings. The Morgan fingerprint density at radius 1 is 1.33 bits per heavy atom. The monoisotopic (exact) mass is 243 g/mol. The summed E-state index contributed by atoms with van der Waals surface area (Å²) in [4.78, 5) is 11.2. The van der Waals surface area contributed by atoms with Crippen LogP contribution in [0.2, 0.25) is 0 Å². The lowest BCUT2D eigenvalue weighted by Gasteiger charge is -2.35. The average molecular weight is 243 g/mol. The first-order chi connectivity index (χ1) is 8.77. The lowest BCUT2D eigenvalue weighted by molar-refractivity contribution is -0.111. The third-order valence-corrected chi connectivity index (χ3v) is 4.95. The summed E-state index contributed by atoms with van der Waals surface area (Å²) in [5, 5.41) is 3.46. The first-order valence-corrected chi connectivity index (χ1v) is 7.02. The zero-order chi connectivity index (χ0) is 12.6. The van der Waals surface area contributed by atoms with Gasteiger partial charge in [0.05, 0.1) is 0 Å². The number of rotatable bonds is 2. The van der Waals surface area contributed by atoms with Gasteiger partial charge in [0.1, 0.15) is 6.29 Å². The topological polar surface area (TPSA) is 29.1 Å². The van der Waals surface area contributed by atoms with E-state index >= 15 is 0 Å². The average Bonchev–Trinajstić information content (AvgIpc) is 2.74. The minimum atomic E-state index is 0.139. The van der Waals surface area contributed by atoms with Gasteiger partial charge >= 0.3 is 0 Å². The molecule has 1 aromatic rings. The molecule has 1 spiro atoms. The molecule has 1 aliphatic heterocycles. The van der Waals surface area contributed by atoms with Gasteiger partial charge in [0.25, 0.3) is 0 Å². The first-order valence-electron chi connectivity index (χ1n) is 7.02. The molecule has 96 valence electrons. The molecule has 2 nitrogen and oxygen atoms in total. The maximum absolute atomic E-state index is 11.2. The van der Waals surface area contributed by atoms with E-state index in [4.69, 9.17) is 0 Å². The van der Waals surface area contributed by atoms with E-state index in [0.29, 0.717) is 11.3 Å². The fraction of sp³-hybridized carbons (Fsp3) is 0.562. The highest BCUT2D eigenvalue weighted by Gasteiger charge is 2.45. The molecule has 1 N–H and O–H groups in total. The molecule has 1 heterocycles. The number of aldehydes is 1. The second kappa shape index (κ2) is 4.51. The van der Waals surface area contributed by atoms with Gasteiger partial charge in [0, 0.05) is 5.92 Å². The zero-order valence-corrected chi connectivity index (χ0v) is 11.0. The van der Waals surface area contributed by atoms with Crippen molar-refractivity contribution >= 4 is 6.29 Å². The van der Waals surface area contributed by atoms with E-state index < -0.39 is 0 Å². The molecule has 0 aromatic heterocycles. The minimum Gasteiger partial charge on any atom is -0.317 e. The molecule has 1 saturated heterocycles. The van der Waals surface area contributed by atoms with Crippen LogP contribution in [0.5, 0.6) is 0 Å². The van der Waals surface area contributed by atoms with Crippen LogP contribution in [0.3, 0.4) is 0 Å². The Morgan fingerprint density at radius 3 is 2.78 bits per heavy atom. The molecular formula is C16H21NO. The van der Waals surface area contributed by atoms with E-state index in [1.165, 1.54) is 24.0 Å². The molecule has 1 fully saturated rings. The molecule has 1 aliphatic carbocycles. The predicted molar refractivity (Wildman–Crippen MR) is 72.8 cm³/mol. The van der Waals surface area contributed by atoms with Gasteiger partial charge in [-0.2, -0.15) is 0 Å². The molecule has 2 heteroatoms. The largest absolute Gasteiger partial charge is 0.317 e. The summed E-state index contributed by atoms with van der Waals surface area (Å²) < 4.78 is 0. The van der Waals surface area contributed by atoms with Gasteiger partial charge in [-0.15, -0.1) is 0 Å². The third kappa shape index (κ3) is 1.71. The molecule has 2 unspecified atom stereocenters. The zero-order valence-electron chi connectivity index (χ0n) is 11.0. The van der Waals surface area contributed by atoms with Crippen LogP contribution < -0.4 is 5.32 Å². The Labute approximate surface area is 109 Å². The molecule has 2 atom stereocenters. The van der Waals surface area contributed by atoms with Gasteiger partial charge in [0.15, 0.2) is 0 Å². The Kier molecular flexibility index (Phi) is 2.98. The van der Waals surface area contributed by atoms with Crippen molar-refractivity contribution in [3.05, 3.63) is 35.4 Å². The van der Waals surface area contributed by atoms with Crippen LogP contribution in [0.15, 0.2) is 24.3 Å². The highest BCUT2D eigenvalue weighted by Crippen LogP contribution is 2.52. The summed E-state index contributed by atoms with van der Waals surface area (Å²) in [6.07, 6.45) is 4.72. The van der Waals surface area contributed by atoms with Gasteiger partial charge in [0.2, 0.25) is 0 Å². The van der Waals surface area contributed by atoms with E-state index in [1.807, 2.05) is 0 Å². The second-order valence-electron chi connectivity index (χ2n) is 5.92. The van der Waals surface area contributed by atoms with Gasteiger partial charge in [-0.25, -0.2) is 0 Å². The van der Waals surface area contributed by atoms with E-state index in [2.05, 4.69) is 36.5 Å². The van der Waals surface area contributed by atoms with E-state index in [0.717, 1.165) is 25.8 Å². The van der Waals surface area contributed by atoms with Crippen molar-refractivity contribution in [2.45, 2.75) is 37.5 Å². The number of hydrogen-bond donors (Lipinski definition) is 1. The van der Waals surface area contributed by atoms with Crippen LogP contribution in [0, 0.1) is 5.92 Å². The van der Waals surface area contributed by atoms with Crippen molar-refractivity contribution in [1.82, 2.24) is 5.32 Å². The van der Waals surface area contributed by atoms with E-state index in [9.17, 15) is 4.79 Å². The Morgan fingerprint density at radius 2 is 2.06 bits per heavy atom. The Hall–Kier alpha value is -1.15. The van der Waals surface area contributed by atoms with Crippen LogP contribution >= 0.6 is 0 Å². The molecular weight excluding hydrogens is 222 g/mol. The van der Waals surface area contributed by atoms with Crippen molar-refractivity contribution in [2.75, 3.05) is 13.1 Å². The van der Waals surface area contributed by atoms with Crippen LogP contribution in [-0.2, 0) is 10.2 Å². The highest BCUT2D eigenvalue weighted by atomic mass is 16.1. The number of piperidine rings is 1. The quantitative estimate of drug-likeness (QED) is 0.809. The molecule has 18 heavy (non-hydrogen) atoms. The maximum atomic E-state index is 11.2. The Balaban J connectivity index is 2.03. The number of benzene rings is 1. The highest BCUT2D eigenvalue weighted by molar-refractivity contribution is 5.58. The number of hydrogen-bond acceptors (Lipinski definition) is 2. The van der Waals surface area contributed by atoms with Crippen molar-refractivity contribution in [3.8, 4) is 0 Å². The number of fused-ring (bicyclic) bond motifs is 2. The molecule has 1 aromatic carbocycles. The fourth-order valence-corrected chi connectivity index (χ4v) is 3.89. The Bertz CT molecular complexity index is 448. The van der Waals surface area contributed by atoms with Gasteiger partial charge < -0.3 is 10.1 Å². The number of carbonyl (C=O) groups excluding carboxylic acids is 1.